The molecule has 5 aromatic carbocycles. The molecule has 1 N–H and O–H groups in total. The molecule has 0 bridgehead atoms. The topological polar surface area (TPSA) is 12.0 Å². The van der Waals surface area contributed by atoms with Crippen molar-refractivity contribution in [3.63, 3.8) is 0 Å². The molecule has 0 heterocycles. The average molecular weight is 452 g/mol. The number of benzene rings is 5. The van der Waals surface area contributed by atoms with Gasteiger partial charge in [-0.3, -0.25) is 0 Å². The molecular weight excluding hydrogens is 422 g/mol. The molecule has 0 atom stereocenters. The molecule has 35 heavy (non-hydrogen) atoms. The molecule has 5 rings (SSSR count). The van der Waals surface area contributed by atoms with Crippen LogP contribution in [-0.2, 0) is 0 Å². The van der Waals surface area contributed by atoms with Gasteiger partial charge >= 0.3 is 0 Å². The van der Waals surface area contributed by atoms with Crippen LogP contribution in [-0.4, -0.2) is 0 Å². The second-order valence-corrected chi connectivity index (χ2v) is 8.95. The Morgan fingerprint density at radius 2 is 1.20 bits per heavy atom. The molecular formula is C34H29N. The predicted octanol–water partition coefficient (Wildman–Crippen LogP) is 9.35. The lowest BCUT2D eigenvalue weighted by atomic mass is 9.96. The lowest BCUT2D eigenvalue weighted by Gasteiger charge is -2.10. The van der Waals surface area contributed by atoms with Gasteiger partial charge in [0.1, 0.15) is 0 Å². The fourth-order valence-corrected chi connectivity index (χ4v) is 4.25. The monoisotopic (exact) mass is 451 g/mol. The quantitative estimate of drug-likeness (QED) is 0.254. The van der Waals surface area contributed by atoms with Crippen LogP contribution < -0.4 is 5.32 Å². The van der Waals surface area contributed by atoms with Crippen molar-refractivity contribution in [1.82, 2.24) is 0 Å². The Balaban J connectivity index is 1.37. The number of fused-ring (bicyclic) bond motifs is 1. The van der Waals surface area contributed by atoms with E-state index in [1.807, 2.05) is 0 Å². The summed E-state index contributed by atoms with van der Waals surface area (Å²) >= 11 is 0. The van der Waals surface area contributed by atoms with Crippen LogP contribution in [0.15, 0.2) is 127 Å². The first-order valence-corrected chi connectivity index (χ1v) is 12.0. The zero-order valence-corrected chi connectivity index (χ0v) is 20.2. The minimum Gasteiger partial charge on any atom is -0.355 e. The first kappa shape index (κ1) is 22.4. The van der Waals surface area contributed by atoms with Crippen molar-refractivity contribution in [2.75, 3.05) is 5.32 Å². The molecule has 0 saturated heterocycles. The van der Waals surface area contributed by atoms with Crippen LogP contribution in [0.1, 0.15) is 27.8 Å². The van der Waals surface area contributed by atoms with Crippen LogP contribution in [0.5, 0.6) is 0 Å². The van der Waals surface area contributed by atoms with E-state index in [-0.39, 0.29) is 0 Å². The van der Waals surface area contributed by atoms with Crippen molar-refractivity contribution in [2.45, 2.75) is 13.8 Å². The van der Waals surface area contributed by atoms with Crippen molar-refractivity contribution < 1.29 is 0 Å². The Bertz CT molecular complexity index is 1430. The molecule has 0 fully saturated rings. The first-order valence-electron chi connectivity index (χ1n) is 12.0. The minimum absolute atomic E-state index is 1.08. The van der Waals surface area contributed by atoms with E-state index in [1.54, 1.807) is 0 Å². The predicted molar refractivity (Wildman–Crippen MR) is 152 cm³/mol. The highest BCUT2D eigenvalue weighted by molar-refractivity contribution is 5.95. The largest absolute Gasteiger partial charge is 0.355 e. The van der Waals surface area contributed by atoms with Gasteiger partial charge < -0.3 is 5.32 Å². The second kappa shape index (κ2) is 10.3. The summed E-state index contributed by atoms with van der Waals surface area (Å²) in [5, 5.41) is 6.03. The summed E-state index contributed by atoms with van der Waals surface area (Å²) in [5.74, 6) is 0. The van der Waals surface area contributed by atoms with Crippen molar-refractivity contribution in [3.05, 3.63) is 155 Å². The SMILES string of the molecule is Cc1ccc(C(=CC=Cc2ccc(Nc3cccc4ccccc34)cc2)c2ccc(C)cc2)cc1. The lowest BCUT2D eigenvalue weighted by molar-refractivity contribution is 1.43. The third-order valence-electron chi connectivity index (χ3n) is 6.26. The standard InChI is InChI=1S/C34H29N/c1-25-13-19-29(20-14-25)32(30-21-15-26(2)16-22-30)11-5-7-27-17-23-31(24-18-27)35-34-12-6-9-28-8-3-4-10-33(28)34/h3-24,35H,1-2H3. The molecule has 0 aliphatic carbocycles. The molecule has 5 aromatic rings. The van der Waals surface area contributed by atoms with Crippen molar-refractivity contribution in [3.8, 4) is 0 Å². The van der Waals surface area contributed by atoms with Gasteiger partial charge in [0.2, 0.25) is 0 Å². The highest BCUT2D eigenvalue weighted by atomic mass is 14.9. The third kappa shape index (κ3) is 5.42. The van der Waals surface area contributed by atoms with E-state index in [0.717, 1.165) is 16.9 Å². The Morgan fingerprint density at radius 1 is 0.600 bits per heavy atom. The van der Waals surface area contributed by atoms with E-state index in [4.69, 9.17) is 0 Å². The zero-order chi connectivity index (χ0) is 24.0. The molecule has 0 amide bonds. The maximum absolute atomic E-state index is 3.56. The number of aryl methyl sites for hydroxylation is 2. The van der Waals surface area contributed by atoms with E-state index in [1.165, 1.54) is 38.6 Å². The highest BCUT2D eigenvalue weighted by Crippen LogP contribution is 2.27. The van der Waals surface area contributed by atoms with E-state index in [9.17, 15) is 0 Å². The summed E-state index contributed by atoms with van der Waals surface area (Å²) in [5.41, 5.74) is 9.56. The van der Waals surface area contributed by atoms with Gasteiger partial charge in [-0.2, -0.15) is 0 Å². The van der Waals surface area contributed by atoms with Crippen LogP contribution in [0.2, 0.25) is 0 Å². The number of allylic oxidation sites excluding steroid dienone is 2. The second-order valence-electron chi connectivity index (χ2n) is 8.95. The Hall–Kier alpha value is -4.36. The van der Waals surface area contributed by atoms with Gasteiger partial charge in [0.05, 0.1) is 0 Å². The molecule has 0 spiro atoms. The molecule has 0 saturated carbocycles. The van der Waals surface area contributed by atoms with E-state index >= 15 is 0 Å². The number of rotatable bonds is 6. The van der Waals surface area contributed by atoms with E-state index in [0.29, 0.717) is 0 Å². The number of nitrogens with one attached hydrogen (secondary N) is 1. The Kier molecular flexibility index (Phi) is 6.59. The van der Waals surface area contributed by atoms with Crippen LogP contribution in [0, 0.1) is 13.8 Å². The molecule has 170 valence electrons. The molecule has 0 radical (unpaired) electrons. The molecule has 0 unspecified atom stereocenters. The van der Waals surface area contributed by atoms with Gasteiger partial charge in [0.25, 0.3) is 0 Å². The molecule has 0 aliphatic rings. The van der Waals surface area contributed by atoms with Gasteiger partial charge in [-0.15, -0.1) is 0 Å². The summed E-state index contributed by atoms with van der Waals surface area (Å²) in [6, 6.07) is 40.8. The number of hydrogen-bond donors (Lipinski definition) is 1. The normalized spacial score (nSPS) is 11.0. The summed E-state index contributed by atoms with van der Waals surface area (Å²) in [4.78, 5) is 0. The number of hydrogen-bond acceptors (Lipinski definition) is 1. The Labute approximate surface area is 208 Å². The summed E-state index contributed by atoms with van der Waals surface area (Å²) in [6.45, 7) is 4.25. The molecule has 0 aliphatic heterocycles. The first-order chi connectivity index (χ1) is 17.2. The highest BCUT2D eigenvalue weighted by Gasteiger charge is 2.04. The average Bonchev–Trinajstić information content (AvgIpc) is 2.89. The van der Waals surface area contributed by atoms with Crippen LogP contribution >= 0.6 is 0 Å². The smallest absolute Gasteiger partial charge is 0.0463 e. The van der Waals surface area contributed by atoms with Crippen molar-refractivity contribution >= 4 is 33.8 Å². The molecule has 0 aromatic heterocycles. The summed E-state index contributed by atoms with van der Waals surface area (Å²) < 4.78 is 0. The Morgan fingerprint density at radius 3 is 1.86 bits per heavy atom. The van der Waals surface area contributed by atoms with Gasteiger partial charge in [0.15, 0.2) is 0 Å². The van der Waals surface area contributed by atoms with Crippen molar-refractivity contribution in [2.24, 2.45) is 0 Å². The molecule has 1 nitrogen and oxygen atoms in total. The summed E-state index contributed by atoms with van der Waals surface area (Å²) in [6.07, 6.45) is 6.50. The van der Waals surface area contributed by atoms with E-state index < -0.39 is 0 Å². The van der Waals surface area contributed by atoms with Crippen molar-refractivity contribution in [1.29, 1.82) is 0 Å². The molecule has 1 heteroatoms. The fourth-order valence-electron chi connectivity index (χ4n) is 4.25. The minimum atomic E-state index is 1.08. The van der Waals surface area contributed by atoms with Crippen LogP contribution in [0.3, 0.4) is 0 Å². The number of anilines is 2. The van der Waals surface area contributed by atoms with Gasteiger partial charge in [-0.1, -0.05) is 126 Å². The maximum atomic E-state index is 3.56. The van der Waals surface area contributed by atoms with Crippen LogP contribution in [0.4, 0.5) is 11.4 Å². The van der Waals surface area contributed by atoms with Gasteiger partial charge in [-0.05, 0) is 59.7 Å². The maximum Gasteiger partial charge on any atom is 0.0463 e. The zero-order valence-electron chi connectivity index (χ0n) is 20.2. The van der Waals surface area contributed by atoms with E-state index in [2.05, 4.69) is 153 Å². The summed E-state index contributed by atoms with van der Waals surface area (Å²) in [7, 11) is 0. The lowest BCUT2D eigenvalue weighted by Crippen LogP contribution is -1.91. The van der Waals surface area contributed by atoms with Crippen LogP contribution in [0.25, 0.3) is 22.4 Å². The van der Waals surface area contributed by atoms with Gasteiger partial charge in [-0.25, -0.2) is 0 Å². The fraction of sp³-hybridized carbons (Fsp3) is 0.0588. The third-order valence-corrected chi connectivity index (χ3v) is 6.26. The van der Waals surface area contributed by atoms with Gasteiger partial charge in [0, 0.05) is 16.8 Å².